The topological polar surface area (TPSA) is 64.3 Å². The number of carbonyl (C=O) groups is 1. The van der Waals surface area contributed by atoms with Crippen molar-refractivity contribution in [2.45, 2.75) is 32.3 Å². The maximum atomic E-state index is 10.7. The fourth-order valence-corrected chi connectivity index (χ4v) is 0.705. The van der Waals surface area contributed by atoms with E-state index in [1.54, 1.807) is 13.8 Å². The largest absolute Gasteiger partial charge is 0.443 e. The average Bonchev–Trinajstić information content (AvgIpc) is 2.00. The SMILES string of the molecule is C#CCCC(C)(C)OC(=O)NN. The van der Waals surface area contributed by atoms with E-state index in [1.807, 2.05) is 5.43 Å². The fourth-order valence-electron chi connectivity index (χ4n) is 0.705. The Balaban J connectivity index is 3.87. The molecule has 0 heterocycles. The van der Waals surface area contributed by atoms with Crippen molar-refractivity contribution in [3.8, 4) is 12.3 Å². The molecule has 4 nitrogen and oxygen atoms in total. The molecule has 0 rings (SSSR count). The molecule has 0 aliphatic heterocycles. The molecule has 0 aliphatic carbocycles. The number of hydrogen-bond donors (Lipinski definition) is 2. The van der Waals surface area contributed by atoms with Crippen LogP contribution in [0.25, 0.3) is 0 Å². The summed E-state index contributed by atoms with van der Waals surface area (Å²) in [6.07, 6.45) is 5.62. The van der Waals surface area contributed by atoms with Gasteiger partial charge in [0.05, 0.1) is 0 Å². The number of nitrogens with two attached hydrogens (primary N) is 1. The van der Waals surface area contributed by atoms with Gasteiger partial charge in [-0.1, -0.05) is 0 Å². The Labute approximate surface area is 72.4 Å². The molecule has 0 atom stereocenters. The van der Waals surface area contributed by atoms with Crippen LogP contribution in [-0.2, 0) is 4.74 Å². The van der Waals surface area contributed by atoms with Gasteiger partial charge >= 0.3 is 6.09 Å². The molecule has 1 amide bonds. The third-order valence-electron chi connectivity index (χ3n) is 1.36. The fraction of sp³-hybridized carbons (Fsp3) is 0.625. The van der Waals surface area contributed by atoms with Crippen LogP contribution in [0.4, 0.5) is 4.79 Å². The van der Waals surface area contributed by atoms with Crippen molar-refractivity contribution in [1.29, 1.82) is 0 Å². The Morgan fingerprint density at radius 3 is 2.75 bits per heavy atom. The molecule has 0 aromatic carbocycles. The summed E-state index contributed by atoms with van der Waals surface area (Å²) in [4.78, 5) is 10.7. The van der Waals surface area contributed by atoms with E-state index >= 15 is 0 Å². The number of amides is 1. The van der Waals surface area contributed by atoms with Crippen LogP contribution < -0.4 is 11.3 Å². The molecule has 0 radical (unpaired) electrons. The van der Waals surface area contributed by atoms with Gasteiger partial charge in [0, 0.05) is 6.42 Å². The van der Waals surface area contributed by atoms with E-state index in [4.69, 9.17) is 17.0 Å². The monoisotopic (exact) mass is 170 g/mol. The molecule has 0 unspecified atom stereocenters. The summed E-state index contributed by atoms with van der Waals surface area (Å²) >= 11 is 0. The van der Waals surface area contributed by atoms with Crippen LogP contribution in [0.2, 0.25) is 0 Å². The number of terminal acetylenes is 1. The molecule has 0 aliphatic rings. The Morgan fingerprint density at radius 1 is 1.75 bits per heavy atom. The van der Waals surface area contributed by atoms with Crippen LogP contribution in [0, 0.1) is 12.3 Å². The first kappa shape index (κ1) is 10.8. The Hall–Kier alpha value is -1.21. The lowest BCUT2D eigenvalue weighted by Gasteiger charge is -2.23. The normalized spacial score (nSPS) is 10.2. The highest BCUT2D eigenvalue weighted by molar-refractivity contribution is 5.66. The summed E-state index contributed by atoms with van der Waals surface area (Å²) in [7, 11) is 0. The first-order valence-corrected chi connectivity index (χ1v) is 3.65. The second-order valence-corrected chi connectivity index (χ2v) is 3.00. The Kier molecular flexibility index (Phi) is 4.16. The predicted molar refractivity (Wildman–Crippen MR) is 46.0 cm³/mol. The highest BCUT2D eigenvalue weighted by atomic mass is 16.6. The van der Waals surface area contributed by atoms with Crippen molar-refractivity contribution < 1.29 is 9.53 Å². The summed E-state index contributed by atoms with van der Waals surface area (Å²) in [5.41, 5.74) is 1.32. The maximum Gasteiger partial charge on any atom is 0.421 e. The number of hydrazine groups is 1. The number of ether oxygens (including phenoxy) is 1. The van der Waals surface area contributed by atoms with Gasteiger partial charge in [-0.3, -0.25) is 5.43 Å². The van der Waals surface area contributed by atoms with Gasteiger partial charge < -0.3 is 4.74 Å². The number of hydrogen-bond acceptors (Lipinski definition) is 3. The molecule has 68 valence electrons. The smallest absolute Gasteiger partial charge is 0.421 e. The number of nitrogens with one attached hydrogen (secondary N) is 1. The van der Waals surface area contributed by atoms with E-state index in [0.717, 1.165) is 0 Å². The van der Waals surface area contributed by atoms with Gasteiger partial charge in [-0.25, -0.2) is 10.6 Å². The van der Waals surface area contributed by atoms with Crippen molar-refractivity contribution in [2.75, 3.05) is 0 Å². The van der Waals surface area contributed by atoms with E-state index < -0.39 is 11.7 Å². The van der Waals surface area contributed by atoms with E-state index in [9.17, 15) is 4.79 Å². The lowest BCUT2D eigenvalue weighted by Crippen LogP contribution is -2.38. The maximum absolute atomic E-state index is 10.7. The summed E-state index contributed by atoms with van der Waals surface area (Å²) < 4.78 is 4.92. The second kappa shape index (κ2) is 4.62. The molecular formula is C8H14N2O2. The van der Waals surface area contributed by atoms with Crippen LogP contribution >= 0.6 is 0 Å². The first-order valence-electron chi connectivity index (χ1n) is 3.65. The van der Waals surface area contributed by atoms with Crippen LogP contribution in [0.3, 0.4) is 0 Å². The van der Waals surface area contributed by atoms with Gasteiger partial charge in [-0.2, -0.15) is 0 Å². The minimum Gasteiger partial charge on any atom is -0.443 e. The number of carbonyl (C=O) groups excluding carboxylic acids is 1. The summed E-state index contributed by atoms with van der Waals surface area (Å²) in [6.45, 7) is 3.55. The molecule has 0 aromatic rings. The van der Waals surface area contributed by atoms with Gasteiger partial charge in [-0.15, -0.1) is 12.3 Å². The Bertz CT molecular complexity index is 194. The minimum atomic E-state index is -0.642. The molecule has 0 saturated heterocycles. The second-order valence-electron chi connectivity index (χ2n) is 3.00. The minimum absolute atomic E-state index is 0.560. The van der Waals surface area contributed by atoms with Crippen LogP contribution in [-0.4, -0.2) is 11.7 Å². The molecule has 12 heavy (non-hydrogen) atoms. The van der Waals surface area contributed by atoms with Gasteiger partial charge in [0.2, 0.25) is 0 Å². The zero-order valence-corrected chi connectivity index (χ0v) is 7.39. The summed E-state index contributed by atoms with van der Waals surface area (Å²) in [5.74, 6) is 7.32. The third kappa shape index (κ3) is 4.58. The Morgan fingerprint density at radius 2 is 2.33 bits per heavy atom. The average molecular weight is 170 g/mol. The van der Waals surface area contributed by atoms with E-state index in [2.05, 4.69) is 5.92 Å². The quantitative estimate of drug-likeness (QED) is 0.285. The van der Waals surface area contributed by atoms with E-state index in [1.165, 1.54) is 0 Å². The lowest BCUT2D eigenvalue weighted by atomic mass is 10.0. The third-order valence-corrected chi connectivity index (χ3v) is 1.36. The molecule has 0 spiro atoms. The number of rotatable bonds is 3. The van der Waals surface area contributed by atoms with Crippen LogP contribution in [0.15, 0.2) is 0 Å². The van der Waals surface area contributed by atoms with Gasteiger partial charge in [0.15, 0.2) is 0 Å². The molecule has 0 bridgehead atoms. The molecular weight excluding hydrogens is 156 g/mol. The summed E-state index contributed by atoms with van der Waals surface area (Å²) in [6, 6.07) is 0. The standard InChI is InChI=1S/C8H14N2O2/c1-4-5-6-8(2,3)12-7(11)10-9/h1H,5-6,9H2,2-3H3,(H,10,11). The zero-order valence-electron chi connectivity index (χ0n) is 7.39. The van der Waals surface area contributed by atoms with Crippen LogP contribution in [0.1, 0.15) is 26.7 Å². The van der Waals surface area contributed by atoms with Crippen molar-refractivity contribution in [1.82, 2.24) is 5.43 Å². The van der Waals surface area contributed by atoms with Crippen molar-refractivity contribution in [2.24, 2.45) is 5.84 Å². The van der Waals surface area contributed by atoms with Gasteiger partial charge in [0.1, 0.15) is 5.60 Å². The molecule has 4 heteroatoms. The zero-order chi connectivity index (χ0) is 9.61. The van der Waals surface area contributed by atoms with Gasteiger partial charge in [-0.05, 0) is 20.3 Å². The lowest BCUT2D eigenvalue weighted by molar-refractivity contribution is 0.0339. The first-order chi connectivity index (χ1) is 5.52. The highest BCUT2D eigenvalue weighted by Crippen LogP contribution is 2.15. The molecule has 3 N–H and O–H groups in total. The molecule has 0 aromatic heterocycles. The highest BCUT2D eigenvalue weighted by Gasteiger charge is 2.21. The summed E-state index contributed by atoms with van der Waals surface area (Å²) in [5, 5.41) is 0. The van der Waals surface area contributed by atoms with E-state index in [-0.39, 0.29) is 0 Å². The molecule has 0 fully saturated rings. The van der Waals surface area contributed by atoms with Crippen molar-refractivity contribution in [3.05, 3.63) is 0 Å². The van der Waals surface area contributed by atoms with Gasteiger partial charge in [0.25, 0.3) is 0 Å². The molecule has 0 saturated carbocycles. The predicted octanol–water partition coefficient (Wildman–Crippen LogP) is 0.778. The van der Waals surface area contributed by atoms with Crippen molar-refractivity contribution in [3.63, 3.8) is 0 Å². The van der Waals surface area contributed by atoms with E-state index in [0.29, 0.717) is 12.8 Å². The van der Waals surface area contributed by atoms with Crippen molar-refractivity contribution >= 4 is 6.09 Å². The van der Waals surface area contributed by atoms with Crippen LogP contribution in [0.5, 0.6) is 0 Å².